The van der Waals surface area contributed by atoms with Gasteiger partial charge in [0.05, 0.1) is 6.04 Å². The number of rotatable bonds is 4. The van der Waals surface area contributed by atoms with Gasteiger partial charge >= 0.3 is 0 Å². The van der Waals surface area contributed by atoms with Crippen LogP contribution in [0.4, 0.5) is 0 Å². The third kappa shape index (κ3) is 2.81. The number of carbonyl (C=O) groups excluding carboxylic acids is 1. The number of fused-ring (bicyclic) bond motifs is 1. The summed E-state index contributed by atoms with van der Waals surface area (Å²) in [6, 6.07) is 9.69. The number of phenolic OH excluding ortho intramolecular Hbond substituents is 2. The van der Waals surface area contributed by atoms with Gasteiger partial charge < -0.3 is 15.1 Å². The quantitative estimate of drug-likeness (QED) is 0.608. The average molecular weight is 398 g/mol. The maximum atomic E-state index is 13.0. The number of phenols is 2. The Hall–Kier alpha value is -2.99. The first kappa shape index (κ1) is 18.4. The molecule has 28 heavy (non-hydrogen) atoms. The molecule has 1 aromatic heterocycles. The Morgan fingerprint density at radius 1 is 1.25 bits per heavy atom. The molecule has 7 heteroatoms. The monoisotopic (exact) mass is 397 g/mol. The van der Waals surface area contributed by atoms with Crippen molar-refractivity contribution in [3.8, 4) is 22.8 Å². The minimum Gasteiger partial charge on any atom is -0.508 e. The number of carbonyl (C=O) groups is 1. The molecule has 1 amide bonds. The van der Waals surface area contributed by atoms with Crippen molar-refractivity contribution in [2.24, 2.45) is 0 Å². The minimum atomic E-state index is -0.414. The molecule has 6 nitrogen and oxygen atoms in total. The molecule has 0 bridgehead atoms. The summed E-state index contributed by atoms with van der Waals surface area (Å²) in [5, 5.41) is 28.1. The topological polar surface area (TPSA) is 89.5 Å². The summed E-state index contributed by atoms with van der Waals surface area (Å²) < 4.78 is 0. The van der Waals surface area contributed by atoms with E-state index in [4.69, 9.17) is 11.6 Å². The molecule has 0 saturated carbocycles. The van der Waals surface area contributed by atoms with E-state index in [9.17, 15) is 15.0 Å². The molecule has 4 rings (SSSR count). The zero-order chi connectivity index (χ0) is 20.0. The summed E-state index contributed by atoms with van der Waals surface area (Å²) in [5.74, 6) is 0.0232. The number of benzene rings is 2. The Bertz CT molecular complexity index is 1080. The second-order valence-electron chi connectivity index (χ2n) is 6.98. The van der Waals surface area contributed by atoms with Crippen molar-refractivity contribution in [3.63, 3.8) is 0 Å². The molecule has 1 atom stereocenters. The Labute approximate surface area is 167 Å². The average Bonchev–Trinajstić information content (AvgIpc) is 3.18. The predicted molar refractivity (Wildman–Crippen MR) is 107 cm³/mol. The molecule has 1 aliphatic heterocycles. The Morgan fingerprint density at radius 3 is 2.75 bits per heavy atom. The van der Waals surface area contributed by atoms with E-state index in [2.05, 4.69) is 10.2 Å². The van der Waals surface area contributed by atoms with Gasteiger partial charge in [0, 0.05) is 22.7 Å². The van der Waals surface area contributed by atoms with Crippen molar-refractivity contribution in [1.82, 2.24) is 15.1 Å². The van der Waals surface area contributed by atoms with E-state index in [0.717, 1.165) is 17.5 Å². The maximum Gasteiger partial charge on any atom is 0.273 e. The maximum absolute atomic E-state index is 13.0. The third-order valence-corrected chi connectivity index (χ3v) is 5.45. The van der Waals surface area contributed by atoms with E-state index < -0.39 is 6.04 Å². The second kappa shape index (κ2) is 6.87. The van der Waals surface area contributed by atoms with Crippen LogP contribution in [-0.4, -0.2) is 37.8 Å². The van der Waals surface area contributed by atoms with Gasteiger partial charge in [0.1, 0.15) is 22.9 Å². The molecule has 0 saturated heterocycles. The Balaban J connectivity index is 1.94. The highest BCUT2D eigenvalue weighted by molar-refractivity contribution is 6.31. The van der Waals surface area contributed by atoms with Crippen LogP contribution in [0.2, 0.25) is 5.02 Å². The van der Waals surface area contributed by atoms with Gasteiger partial charge in [0.2, 0.25) is 0 Å². The predicted octanol–water partition coefficient (Wildman–Crippen LogP) is 4.40. The lowest BCUT2D eigenvalue weighted by Gasteiger charge is -2.26. The van der Waals surface area contributed by atoms with Gasteiger partial charge in [0.25, 0.3) is 5.91 Å². The smallest absolute Gasteiger partial charge is 0.273 e. The second-order valence-corrected chi connectivity index (χ2v) is 7.38. The fraction of sp³-hybridized carbons (Fsp3) is 0.238. The molecule has 0 unspecified atom stereocenters. The highest BCUT2D eigenvalue weighted by atomic mass is 35.5. The number of halogens is 1. The van der Waals surface area contributed by atoms with Crippen molar-refractivity contribution < 1.29 is 15.0 Å². The van der Waals surface area contributed by atoms with Crippen LogP contribution in [0.15, 0.2) is 36.4 Å². The summed E-state index contributed by atoms with van der Waals surface area (Å²) in [7, 11) is 0. The van der Waals surface area contributed by atoms with Crippen LogP contribution in [0, 0.1) is 6.92 Å². The lowest BCUT2D eigenvalue weighted by Crippen LogP contribution is -2.30. The van der Waals surface area contributed by atoms with Crippen molar-refractivity contribution in [3.05, 3.63) is 63.8 Å². The van der Waals surface area contributed by atoms with Crippen LogP contribution >= 0.6 is 11.6 Å². The zero-order valence-corrected chi connectivity index (χ0v) is 16.3. The van der Waals surface area contributed by atoms with Gasteiger partial charge in [-0.15, -0.1) is 0 Å². The first-order valence-electron chi connectivity index (χ1n) is 9.10. The first-order valence-corrected chi connectivity index (χ1v) is 9.47. The van der Waals surface area contributed by atoms with Gasteiger partial charge in [-0.05, 0) is 48.7 Å². The van der Waals surface area contributed by atoms with Crippen molar-refractivity contribution >= 4 is 17.5 Å². The number of amides is 1. The lowest BCUT2D eigenvalue weighted by atomic mass is 9.95. The molecule has 2 heterocycles. The fourth-order valence-electron chi connectivity index (χ4n) is 3.77. The molecular weight excluding hydrogens is 378 g/mol. The minimum absolute atomic E-state index is 0.0484. The van der Waals surface area contributed by atoms with Crippen LogP contribution in [0.3, 0.4) is 0 Å². The molecular formula is C21H20ClN3O3. The number of aryl methyl sites for hydroxylation is 1. The highest BCUT2D eigenvalue weighted by Gasteiger charge is 2.42. The molecule has 3 N–H and O–H groups in total. The van der Waals surface area contributed by atoms with E-state index in [0.29, 0.717) is 34.1 Å². The number of H-pyrrole nitrogens is 1. The van der Waals surface area contributed by atoms with Crippen molar-refractivity contribution in [2.75, 3.05) is 6.54 Å². The van der Waals surface area contributed by atoms with E-state index in [1.54, 1.807) is 35.2 Å². The summed E-state index contributed by atoms with van der Waals surface area (Å²) in [6.07, 6.45) is 0.787. The number of nitrogens with zero attached hydrogens (tertiary/aromatic N) is 2. The SMILES string of the molecule is CCCN1C(=O)c2[nH]nc(-c3cc(Cl)c(C)cc3O)c2[C@@H]1c1cccc(O)c1. The van der Waals surface area contributed by atoms with Gasteiger partial charge in [-0.25, -0.2) is 0 Å². The number of hydrogen-bond acceptors (Lipinski definition) is 4. The molecule has 3 aromatic rings. The molecule has 144 valence electrons. The van der Waals surface area contributed by atoms with Gasteiger partial charge in [-0.1, -0.05) is 30.7 Å². The number of aromatic nitrogens is 2. The summed E-state index contributed by atoms with van der Waals surface area (Å²) in [6.45, 7) is 4.37. The molecule has 0 radical (unpaired) electrons. The summed E-state index contributed by atoms with van der Waals surface area (Å²) >= 11 is 6.28. The molecule has 2 aromatic carbocycles. The third-order valence-electron chi connectivity index (χ3n) is 5.05. The number of nitrogens with one attached hydrogen (secondary N) is 1. The largest absolute Gasteiger partial charge is 0.508 e. The van der Waals surface area contributed by atoms with E-state index >= 15 is 0 Å². The fourth-order valence-corrected chi connectivity index (χ4v) is 3.93. The molecule has 0 fully saturated rings. The van der Waals surface area contributed by atoms with Crippen LogP contribution in [0.25, 0.3) is 11.3 Å². The highest BCUT2D eigenvalue weighted by Crippen LogP contribution is 2.45. The van der Waals surface area contributed by atoms with E-state index in [1.807, 2.05) is 19.9 Å². The molecule has 0 spiro atoms. The number of aromatic hydroxyl groups is 2. The van der Waals surface area contributed by atoms with Gasteiger partial charge in [-0.3, -0.25) is 9.89 Å². The van der Waals surface area contributed by atoms with Crippen molar-refractivity contribution in [2.45, 2.75) is 26.3 Å². The van der Waals surface area contributed by atoms with E-state index in [1.165, 1.54) is 0 Å². The normalized spacial score (nSPS) is 15.9. The van der Waals surface area contributed by atoms with Crippen LogP contribution in [-0.2, 0) is 0 Å². The Morgan fingerprint density at radius 2 is 2.04 bits per heavy atom. The van der Waals surface area contributed by atoms with Crippen LogP contribution in [0.1, 0.15) is 46.6 Å². The van der Waals surface area contributed by atoms with Crippen LogP contribution < -0.4 is 0 Å². The zero-order valence-electron chi connectivity index (χ0n) is 15.5. The summed E-state index contributed by atoms with van der Waals surface area (Å²) in [4.78, 5) is 14.8. The number of hydrogen-bond donors (Lipinski definition) is 3. The standard InChI is InChI=1S/C21H20ClN3O3/c1-3-7-25-20(12-5-4-6-13(26)9-12)17-18(23-24-19(17)21(25)28)14-10-15(22)11(2)8-16(14)27/h4-6,8-10,20,26-27H,3,7H2,1-2H3,(H,23,24)/t20-/m0/s1. The van der Waals surface area contributed by atoms with E-state index in [-0.39, 0.29) is 17.4 Å². The Kier molecular flexibility index (Phi) is 4.51. The van der Waals surface area contributed by atoms with Crippen molar-refractivity contribution in [1.29, 1.82) is 0 Å². The number of aromatic amines is 1. The van der Waals surface area contributed by atoms with Crippen LogP contribution in [0.5, 0.6) is 11.5 Å². The first-order chi connectivity index (χ1) is 13.4. The van der Waals surface area contributed by atoms with Gasteiger partial charge in [-0.2, -0.15) is 5.10 Å². The molecule has 1 aliphatic rings. The summed E-state index contributed by atoms with van der Waals surface area (Å²) in [5.41, 5.74) is 3.55. The van der Waals surface area contributed by atoms with Gasteiger partial charge in [0.15, 0.2) is 0 Å². The lowest BCUT2D eigenvalue weighted by molar-refractivity contribution is 0.0743. The molecule has 0 aliphatic carbocycles.